The van der Waals surface area contributed by atoms with E-state index in [1.165, 1.54) is 4.68 Å². The molecule has 0 amide bonds. The summed E-state index contributed by atoms with van der Waals surface area (Å²) in [6, 6.07) is 3.04. The fraction of sp³-hybridized carbons (Fsp3) is 0.250. The first-order valence-corrected chi connectivity index (χ1v) is 9.22. The van der Waals surface area contributed by atoms with Gasteiger partial charge in [-0.25, -0.2) is 18.7 Å². The van der Waals surface area contributed by atoms with Gasteiger partial charge in [-0.15, -0.1) is 0 Å². The Morgan fingerprint density at radius 3 is 2.70 bits per heavy atom. The lowest BCUT2D eigenvalue weighted by molar-refractivity contribution is 0.0923. The van der Waals surface area contributed by atoms with Crippen LogP contribution in [0.5, 0.6) is 0 Å². The van der Waals surface area contributed by atoms with Crippen molar-refractivity contribution in [3.63, 3.8) is 0 Å². The summed E-state index contributed by atoms with van der Waals surface area (Å²) in [5, 5.41) is 17.6. The number of nitrogens with zero attached hydrogens (tertiary/aromatic N) is 8. The van der Waals surface area contributed by atoms with E-state index in [9.17, 15) is 8.78 Å². The molecule has 150 valence electrons. The van der Waals surface area contributed by atoms with Crippen LogP contribution in [0.4, 0.5) is 8.78 Å². The smallest absolute Gasteiger partial charge is 0.278 e. The average Bonchev–Trinajstić information content (AvgIpc) is 3.30. The van der Waals surface area contributed by atoms with Crippen molar-refractivity contribution in [3.8, 4) is 28.7 Å². The number of fused-ring (bicyclic) bond motifs is 1. The SMILES string of the molecule is C=C1C(C(CC#N)n2cc(-c3nc(-c4cnn(C)c4)cc4nccn34)cn2)C1(F)F. The van der Waals surface area contributed by atoms with Gasteiger partial charge in [0.05, 0.1) is 48.1 Å². The Labute approximate surface area is 169 Å². The highest BCUT2D eigenvalue weighted by Crippen LogP contribution is 2.59. The van der Waals surface area contributed by atoms with Gasteiger partial charge in [0.2, 0.25) is 0 Å². The molecule has 10 heteroatoms. The molecule has 30 heavy (non-hydrogen) atoms. The molecule has 2 atom stereocenters. The average molecular weight is 406 g/mol. The molecule has 1 fully saturated rings. The van der Waals surface area contributed by atoms with Gasteiger partial charge in [-0.3, -0.25) is 13.8 Å². The van der Waals surface area contributed by atoms with Crippen LogP contribution in [0.15, 0.2) is 55.4 Å². The Balaban J connectivity index is 1.58. The molecule has 1 aliphatic carbocycles. The molecule has 5 rings (SSSR count). The molecule has 0 saturated heterocycles. The largest absolute Gasteiger partial charge is 0.284 e. The van der Waals surface area contributed by atoms with Crippen molar-refractivity contribution < 1.29 is 8.78 Å². The quantitative estimate of drug-likeness (QED) is 0.475. The van der Waals surface area contributed by atoms with Crippen LogP contribution in [-0.4, -0.2) is 39.9 Å². The lowest BCUT2D eigenvalue weighted by Crippen LogP contribution is -2.15. The number of imidazole rings is 1. The lowest BCUT2D eigenvalue weighted by Gasteiger charge is -2.13. The van der Waals surface area contributed by atoms with Gasteiger partial charge in [-0.2, -0.15) is 15.5 Å². The molecule has 0 N–H and O–H groups in total. The molecule has 2 unspecified atom stereocenters. The van der Waals surface area contributed by atoms with E-state index in [0.717, 1.165) is 5.56 Å². The molecule has 0 bridgehead atoms. The Morgan fingerprint density at radius 2 is 2.03 bits per heavy atom. The van der Waals surface area contributed by atoms with Gasteiger partial charge >= 0.3 is 0 Å². The van der Waals surface area contributed by atoms with Crippen molar-refractivity contribution in [2.75, 3.05) is 0 Å². The summed E-state index contributed by atoms with van der Waals surface area (Å²) in [5.41, 5.74) is 2.66. The maximum atomic E-state index is 13.9. The van der Waals surface area contributed by atoms with Crippen molar-refractivity contribution in [2.24, 2.45) is 13.0 Å². The van der Waals surface area contributed by atoms with E-state index < -0.39 is 17.9 Å². The zero-order chi connectivity index (χ0) is 21.0. The second-order valence-electron chi connectivity index (χ2n) is 7.29. The van der Waals surface area contributed by atoms with Crippen LogP contribution in [-0.2, 0) is 7.05 Å². The van der Waals surface area contributed by atoms with Crippen LogP contribution in [0, 0.1) is 17.2 Å². The van der Waals surface area contributed by atoms with Gasteiger partial charge in [0.25, 0.3) is 5.92 Å². The molecule has 0 spiro atoms. The maximum absolute atomic E-state index is 13.9. The van der Waals surface area contributed by atoms with Crippen LogP contribution < -0.4 is 0 Å². The lowest BCUT2D eigenvalue weighted by atomic mass is 10.1. The summed E-state index contributed by atoms with van der Waals surface area (Å²) in [5.74, 6) is -3.50. The van der Waals surface area contributed by atoms with E-state index in [-0.39, 0.29) is 12.0 Å². The molecule has 4 aromatic rings. The molecule has 4 aromatic heterocycles. The normalized spacial score (nSPS) is 18.5. The summed E-state index contributed by atoms with van der Waals surface area (Å²) in [4.78, 5) is 9.09. The first kappa shape index (κ1) is 18.2. The van der Waals surface area contributed by atoms with Crippen LogP contribution >= 0.6 is 0 Å². The van der Waals surface area contributed by atoms with Crippen molar-refractivity contribution in [3.05, 3.63) is 55.4 Å². The first-order chi connectivity index (χ1) is 14.4. The zero-order valence-electron chi connectivity index (χ0n) is 15.9. The zero-order valence-corrected chi connectivity index (χ0v) is 15.9. The molecular weight excluding hydrogens is 390 g/mol. The molecule has 0 aliphatic heterocycles. The molecule has 0 radical (unpaired) electrons. The molecule has 4 heterocycles. The van der Waals surface area contributed by atoms with Gasteiger partial charge in [-0.05, 0) is 0 Å². The number of alkyl halides is 2. The fourth-order valence-electron chi connectivity index (χ4n) is 3.75. The predicted molar refractivity (Wildman–Crippen MR) is 103 cm³/mol. The van der Waals surface area contributed by atoms with Crippen molar-refractivity contribution in [1.29, 1.82) is 5.26 Å². The minimum absolute atomic E-state index is 0.0932. The first-order valence-electron chi connectivity index (χ1n) is 9.22. The Morgan fingerprint density at radius 1 is 1.27 bits per heavy atom. The number of aromatic nitrogens is 7. The van der Waals surface area contributed by atoms with E-state index >= 15 is 0 Å². The van der Waals surface area contributed by atoms with E-state index in [0.29, 0.717) is 22.7 Å². The highest BCUT2D eigenvalue weighted by atomic mass is 19.3. The van der Waals surface area contributed by atoms with E-state index in [2.05, 4.69) is 21.8 Å². The summed E-state index contributed by atoms with van der Waals surface area (Å²) < 4.78 is 32.7. The summed E-state index contributed by atoms with van der Waals surface area (Å²) in [7, 11) is 1.82. The predicted octanol–water partition coefficient (Wildman–Crippen LogP) is 3.27. The number of allylic oxidation sites excluding steroid dienone is 1. The van der Waals surface area contributed by atoms with Gasteiger partial charge in [0, 0.05) is 49.0 Å². The number of rotatable bonds is 5. The molecule has 0 aromatic carbocycles. The van der Waals surface area contributed by atoms with E-state index in [1.807, 2.05) is 25.4 Å². The van der Waals surface area contributed by atoms with Crippen LogP contribution in [0.2, 0.25) is 0 Å². The number of aryl methyl sites for hydroxylation is 1. The van der Waals surface area contributed by atoms with E-state index in [1.54, 1.807) is 40.1 Å². The Kier molecular flexibility index (Phi) is 3.83. The minimum atomic E-state index is -2.97. The number of hydrogen-bond acceptors (Lipinski definition) is 5. The number of halogens is 2. The second-order valence-corrected chi connectivity index (χ2v) is 7.29. The summed E-state index contributed by atoms with van der Waals surface area (Å²) >= 11 is 0. The van der Waals surface area contributed by atoms with Crippen LogP contribution in [0.1, 0.15) is 12.5 Å². The molecule has 1 aliphatic rings. The monoisotopic (exact) mass is 406 g/mol. The Bertz CT molecular complexity index is 1320. The van der Waals surface area contributed by atoms with Gasteiger partial charge in [-0.1, -0.05) is 6.58 Å². The van der Waals surface area contributed by atoms with Crippen LogP contribution in [0.25, 0.3) is 28.3 Å². The molecule has 1 saturated carbocycles. The van der Waals surface area contributed by atoms with Gasteiger partial charge < -0.3 is 0 Å². The Hall–Kier alpha value is -3.87. The van der Waals surface area contributed by atoms with Crippen molar-refractivity contribution in [2.45, 2.75) is 18.4 Å². The molecular formula is C20H16F2N8. The van der Waals surface area contributed by atoms with E-state index in [4.69, 9.17) is 10.2 Å². The summed E-state index contributed by atoms with van der Waals surface area (Å²) in [6.45, 7) is 3.44. The number of nitriles is 1. The highest BCUT2D eigenvalue weighted by molar-refractivity contribution is 5.68. The standard InChI is InChI=1S/C20H16F2N8/c1-12-18(20(12,21)22)16(3-4-23)30-11-14(9-26-30)19-27-15(13-8-25-28(2)10-13)7-17-24-5-6-29(17)19/h5-11,16,18H,1,3H2,2H3. The van der Waals surface area contributed by atoms with Crippen LogP contribution in [0.3, 0.4) is 0 Å². The highest BCUT2D eigenvalue weighted by Gasteiger charge is 2.65. The van der Waals surface area contributed by atoms with Gasteiger partial charge in [0.15, 0.2) is 0 Å². The number of hydrogen-bond donors (Lipinski definition) is 0. The topological polar surface area (TPSA) is 89.6 Å². The third-order valence-electron chi connectivity index (χ3n) is 5.39. The van der Waals surface area contributed by atoms with Crippen molar-refractivity contribution >= 4 is 5.65 Å². The van der Waals surface area contributed by atoms with Gasteiger partial charge in [0.1, 0.15) is 11.5 Å². The second kappa shape index (κ2) is 6.32. The summed E-state index contributed by atoms with van der Waals surface area (Å²) in [6.07, 6.45) is 10.1. The minimum Gasteiger partial charge on any atom is -0.284 e. The fourth-order valence-corrected chi connectivity index (χ4v) is 3.75. The third-order valence-corrected chi connectivity index (χ3v) is 5.39. The van der Waals surface area contributed by atoms with Crippen molar-refractivity contribution in [1.82, 2.24) is 33.9 Å². The third kappa shape index (κ3) is 2.70. The maximum Gasteiger partial charge on any atom is 0.278 e. The molecule has 8 nitrogen and oxygen atoms in total.